The van der Waals surface area contributed by atoms with E-state index in [1.165, 1.54) is 41.6 Å². The molecule has 1 aromatic carbocycles. The minimum atomic E-state index is 0.208. The number of aryl methyl sites for hydroxylation is 1. The molecule has 1 amide bonds. The highest BCUT2D eigenvalue weighted by Crippen LogP contribution is 2.46. The third kappa shape index (κ3) is 1.45. The third-order valence-corrected chi connectivity index (χ3v) is 5.32. The number of hydrogen-bond acceptors (Lipinski definition) is 2. The van der Waals surface area contributed by atoms with E-state index in [1.54, 1.807) is 0 Å². The average molecular weight is 256 g/mol. The van der Waals surface area contributed by atoms with Crippen LogP contribution >= 0.6 is 0 Å². The maximum atomic E-state index is 12.1. The number of carbonyl (C=O) groups is 1. The molecule has 1 aromatic rings. The number of nitrogens with zero attached hydrogens (tertiary/aromatic N) is 1. The first-order valence-electron chi connectivity index (χ1n) is 7.40. The predicted octanol–water partition coefficient (Wildman–Crippen LogP) is 1.90. The van der Waals surface area contributed by atoms with Gasteiger partial charge in [-0.1, -0.05) is 18.6 Å². The van der Waals surface area contributed by atoms with Gasteiger partial charge >= 0.3 is 0 Å². The molecule has 2 heterocycles. The molecule has 4 rings (SSSR count). The normalized spacial score (nSPS) is 23.2. The second-order valence-corrected chi connectivity index (χ2v) is 6.31. The maximum Gasteiger partial charge on any atom is 0.231 e. The van der Waals surface area contributed by atoms with Crippen molar-refractivity contribution in [3.05, 3.63) is 28.8 Å². The van der Waals surface area contributed by atoms with Crippen LogP contribution in [0.3, 0.4) is 0 Å². The molecule has 1 fully saturated rings. The Hall–Kier alpha value is -1.35. The van der Waals surface area contributed by atoms with E-state index in [0.717, 1.165) is 25.9 Å². The number of nitrogens with two attached hydrogens (primary N) is 1. The molecule has 3 nitrogen and oxygen atoms in total. The summed E-state index contributed by atoms with van der Waals surface area (Å²) in [5.74, 6) is 0.281. The van der Waals surface area contributed by atoms with Crippen molar-refractivity contribution in [3.63, 3.8) is 0 Å². The van der Waals surface area contributed by atoms with Crippen LogP contribution in [0, 0.1) is 0 Å². The minimum Gasteiger partial charge on any atom is -0.330 e. The molecule has 0 spiro atoms. The highest BCUT2D eigenvalue weighted by molar-refractivity contribution is 6.02. The molecule has 0 atom stereocenters. The Morgan fingerprint density at radius 2 is 2.00 bits per heavy atom. The molecular weight excluding hydrogens is 236 g/mol. The largest absolute Gasteiger partial charge is 0.330 e. The molecular formula is C16H20N2O. The lowest BCUT2D eigenvalue weighted by Gasteiger charge is -2.42. The first-order chi connectivity index (χ1) is 9.23. The zero-order valence-corrected chi connectivity index (χ0v) is 11.2. The Bertz CT molecular complexity index is 555. The van der Waals surface area contributed by atoms with Gasteiger partial charge in [0.15, 0.2) is 0 Å². The van der Waals surface area contributed by atoms with Gasteiger partial charge in [-0.15, -0.1) is 0 Å². The highest BCUT2D eigenvalue weighted by atomic mass is 16.2. The molecule has 0 aromatic heterocycles. The molecule has 3 heteroatoms. The van der Waals surface area contributed by atoms with Gasteiger partial charge in [0, 0.05) is 18.5 Å². The van der Waals surface area contributed by atoms with Gasteiger partial charge in [-0.2, -0.15) is 0 Å². The summed E-state index contributed by atoms with van der Waals surface area (Å²) < 4.78 is 0. The molecule has 0 radical (unpaired) electrons. The van der Waals surface area contributed by atoms with E-state index in [2.05, 4.69) is 12.1 Å². The summed E-state index contributed by atoms with van der Waals surface area (Å²) in [6, 6.07) is 4.61. The average Bonchev–Trinajstić information content (AvgIpc) is 2.68. The summed E-state index contributed by atoms with van der Waals surface area (Å²) >= 11 is 0. The van der Waals surface area contributed by atoms with Crippen molar-refractivity contribution in [3.8, 4) is 0 Å². The molecule has 100 valence electrons. The monoisotopic (exact) mass is 256 g/mol. The van der Waals surface area contributed by atoms with Gasteiger partial charge in [0.05, 0.1) is 12.1 Å². The van der Waals surface area contributed by atoms with Gasteiger partial charge in [-0.05, 0) is 42.4 Å². The summed E-state index contributed by atoms with van der Waals surface area (Å²) in [5.41, 5.74) is 11.5. The molecule has 2 aliphatic heterocycles. The van der Waals surface area contributed by atoms with Gasteiger partial charge in [-0.3, -0.25) is 4.79 Å². The number of rotatable bonds is 2. The van der Waals surface area contributed by atoms with E-state index in [-0.39, 0.29) is 11.3 Å². The van der Waals surface area contributed by atoms with Crippen molar-refractivity contribution in [2.75, 3.05) is 18.0 Å². The number of benzene rings is 1. The predicted molar refractivity (Wildman–Crippen MR) is 75.4 cm³/mol. The van der Waals surface area contributed by atoms with Crippen LogP contribution in [0.25, 0.3) is 0 Å². The number of hydrogen-bond donors (Lipinski definition) is 1. The lowest BCUT2D eigenvalue weighted by Crippen LogP contribution is -2.41. The van der Waals surface area contributed by atoms with Crippen molar-refractivity contribution in [2.24, 2.45) is 5.73 Å². The smallest absolute Gasteiger partial charge is 0.231 e. The summed E-state index contributed by atoms with van der Waals surface area (Å²) in [6.07, 6.45) is 6.50. The lowest BCUT2D eigenvalue weighted by atomic mass is 9.64. The van der Waals surface area contributed by atoms with Crippen molar-refractivity contribution >= 4 is 11.6 Å². The summed E-state index contributed by atoms with van der Waals surface area (Å²) in [7, 11) is 0. The SMILES string of the molecule is NCC1(c2cc3c4c(c2)CC(=O)N4CCC3)CCC1. The quantitative estimate of drug-likeness (QED) is 0.878. The molecule has 0 unspecified atom stereocenters. The van der Waals surface area contributed by atoms with Crippen LogP contribution in [0.2, 0.25) is 0 Å². The van der Waals surface area contributed by atoms with Crippen LogP contribution < -0.4 is 10.6 Å². The molecule has 1 saturated carbocycles. The maximum absolute atomic E-state index is 12.1. The van der Waals surface area contributed by atoms with Crippen LogP contribution in [-0.2, 0) is 23.1 Å². The molecule has 0 bridgehead atoms. The Balaban J connectivity index is 1.85. The second kappa shape index (κ2) is 3.83. The van der Waals surface area contributed by atoms with Gasteiger partial charge < -0.3 is 10.6 Å². The van der Waals surface area contributed by atoms with Crippen molar-refractivity contribution < 1.29 is 4.79 Å². The Kier molecular flexibility index (Phi) is 2.31. The van der Waals surface area contributed by atoms with Crippen molar-refractivity contribution in [1.82, 2.24) is 0 Å². The minimum absolute atomic E-state index is 0.208. The van der Waals surface area contributed by atoms with Crippen LogP contribution in [0.4, 0.5) is 5.69 Å². The Labute approximate surface area is 113 Å². The number of amides is 1. The van der Waals surface area contributed by atoms with Crippen LogP contribution in [-0.4, -0.2) is 19.0 Å². The van der Waals surface area contributed by atoms with E-state index < -0.39 is 0 Å². The molecule has 2 N–H and O–H groups in total. The Morgan fingerprint density at radius 3 is 2.68 bits per heavy atom. The molecule has 3 aliphatic rings. The van der Waals surface area contributed by atoms with Gasteiger partial charge in [0.25, 0.3) is 0 Å². The van der Waals surface area contributed by atoms with Crippen LogP contribution in [0.5, 0.6) is 0 Å². The first-order valence-corrected chi connectivity index (χ1v) is 7.40. The van der Waals surface area contributed by atoms with Gasteiger partial charge in [-0.25, -0.2) is 0 Å². The number of anilines is 1. The standard InChI is InChI=1S/C16H20N2O/c17-10-16(4-2-5-16)13-7-11-3-1-6-18-14(19)9-12(8-13)15(11)18/h7-8H,1-6,9-10,17H2. The van der Waals surface area contributed by atoms with E-state index in [1.807, 2.05) is 4.90 Å². The Morgan fingerprint density at radius 1 is 1.21 bits per heavy atom. The molecule has 0 saturated heterocycles. The van der Waals surface area contributed by atoms with Crippen molar-refractivity contribution in [1.29, 1.82) is 0 Å². The third-order valence-electron chi connectivity index (χ3n) is 5.32. The number of carbonyl (C=O) groups excluding carboxylic acids is 1. The highest BCUT2D eigenvalue weighted by Gasteiger charge is 2.40. The second-order valence-electron chi connectivity index (χ2n) is 6.31. The van der Waals surface area contributed by atoms with E-state index in [9.17, 15) is 4.79 Å². The fourth-order valence-electron chi connectivity index (χ4n) is 4.00. The van der Waals surface area contributed by atoms with E-state index >= 15 is 0 Å². The van der Waals surface area contributed by atoms with Gasteiger partial charge in [0.2, 0.25) is 5.91 Å². The summed E-state index contributed by atoms with van der Waals surface area (Å²) in [4.78, 5) is 14.1. The van der Waals surface area contributed by atoms with Gasteiger partial charge in [0.1, 0.15) is 0 Å². The fourth-order valence-corrected chi connectivity index (χ4v) is 4.00. The van der Waals surface area contributed by atoms with E-state index in [0.29, 0.717) is 6.42 Å². The molecule has 19 heavy (non-hydrogen) atoms. The van der Waals surface area contributed by atoms with Crippen LogP contribution in [0.1, 0.15) is 42.4 Å². The van der Waals surface area contributed by atoms with Crippen molar-refractivity contribution in [2.45, 2.75) is 43.9 Å². The summed E-state index contributed by atoms with van der Waals surface area (Å²) in [5, 5.41) is 0. The first kappa shape index (κ1) is 11.5. The fraction of sp³-hybridized carbons (Fsp3) is 0.562. The topological polar surface area (TPSA) is 46.3 Å². The van der Waals surface area contributed by atoms with Crippen LogP contribution in [0.15, 0.2) is 12.1 Å². The lowest BCUT2D eigenvalue weighted by molar-refractivity contribution is -0.117. The zero-order valence-electron chi connectivity index (χ0n) is 11.2. The molecule has 1 aliphatic carbocycles. The van der Waals surface area contributed by atoms with E-state index in [4.69, 9.17) is 5.73 Å². The zero-order chi connectivity index (χ0) is 13.0. The summed E-state index contributed by atoms with van der Waals surface area (Å²) in [6.45, 7) is 1.64.